The summed E-state index contributed by atoms with van der Waals surface area (Å²) in [6.45, 7) is 1.80. The number of ether oxygens (including phenoxy) is 1. The Morgan fingerprint density at radius 2 is 2.06 bits per heavy atom. The normalized spacial score (nSPS) is 11.2. The van der Waals surface area contributed by atoms with E-state index < -0.39 is 15.0 Å². The SMILES string of the molecule is COC(=O)c1ccc(C)cc1CS(=O)(=O)Cl. The van der Waals surface area contributed by atoms with Crippen molar-refractivity contribution in [1.29, 1.82) is 0 Å². The Balaban J connectivity index is 3.23. The van der Waals surface area contributed by atoms with Crippen LogP contribution in [0.1, 0.15) is 21.5 Å². The van der Waals surface area contributed by atoms with E-state index in [4.69, 9.17) is 10.7 Å². The van der Waals surface area contributed by atoms with E-state index >= 15 is 0 Å². The number of esters is 1. The largest absolute Gasteiger partial charge is 0.465 e. The molecule has 1 aromatic rings. The number of hydrogen-bond acceptors (Lipinski definition) is 4. The highest BCUT2D eigenvalue weighted by Gasteiger charge is 2.16. The van der Waals surface area contributed by atoms with Gasteiger partial charge in [0, 0.05) is 10.7 Å². The zero-order chi connectivity index (χ0) is 12.3. The van der Waals surface area contributed by atoms with Crippen LogP contribution < -0.4 is 0 Å². The summed E-state index contributed by atoms with van der Waals surface area (Å²) >= 11 is 0. The van der Waals surface area contributed by atoms with Crippen molar-refractivity contribution in [2.75, 3.05) is 7.11 Å². The molecule has 1 aromatic carbocycles. The molecule has 0 aliphatic rings. The van der Waals surface area contributed by atoms with E-state index in [0.717, 1.165) is 5.56 Å². The van der Waals surface area contributed by atoms with Crippen molar-refractivity contribution in [2.24, 2.45) is 0 Å². The van der Waals surface area contributed by atoms with E-state index in [1.165, 1.54) is 13.2 Å². The van der Waals surface area contributed by atoms with E-state index in [1.54, 1.807) is 19.1 Å². The minimum absolute atomic E-state index is 0.220. The van der Waals surface area contributed by atoms with Crippen LogP contribution >= 0.6 is 10.7 Å². The molecule has 0 saturated carbocycles. The van der Waals surface area contributed by atoms with Crippen LogP contribution in [0.5, 0.6) is 0 Å². The van der Waals surface area contributed by atoms with E-state index in [9.17, 15) is 13.2 Å². The summed E-state index contributed by atoms with van der Waals surface area (Å²) in [4.78, 5) is 11.4. The summed E-state index contributed by atoms with van der Waals surface area (Å²) in [7, 11) is 2.70. The Morgan fingerprint density at radius 3 is 2.56 bits per heavy atom. The zero-order valence-corrected chi connectivity index (χ0v) is 10.4. The van der Waals surface area contributed by atoms with E-state index in [0.29, 0.717) is 5.56 Å². The predicted octanol–water partition coefficient (Wildman–Crippen LogP) is 1.85. The summed E-state index contributed by atoms with van der Waals surface area (Å²) in [5.74, 6) is -0.962. The Bertz CT molecular complexity index is 508. The molecule has 0 bridgehead atoms. The van der Waals surface area contributed by atoms with Gasteiger partial charge in [-0.1, -0.05) is 17.7 Å². The molecule has 0 amide bonds. The fraction of sp³-hybridized carbons (Fsp3) is 0.300. The lowest BCUT2D eigenvalue weighted by Gasteiger charge is -2.07. The highest BCUT2D eigenvalue weighted by atomic mass is 35.7. The Hall–Kier alpha value is -1.07. The second-order valence-electron chi connectivity index (χ2n) is 3.34. The average Bonchev–Trinajstić information content (AvgIpc) is 2.14. The van der Waals surface area contributed by atoms with Gasteiger partial charge in [-0.2, -0.15) is 0 Å². The fourth-order valence-electron chi connectivity index (χ4n) is 1.34. The fourth-order valence-corrected chi connectivity index (χ4v) is 2.30. The topological polar surface area (TPSA) is 60.4 Å². The molecule has 0 fully saturated rings. The summed E-state index contributed by atoms with van der Waals surface area (Å²) in [5.41, 5.74) is 1.42. The van der Waals surface area contributed by atoms with Crippen LogP contribution in [0.3, 0.4) is 0 Å². The second kappa shape index (κ2) is 4.84. The van der Waals surface area contributed by atoms with Crippen LogP contribution in [0.25, 0.3) is 0 Å². The van der Waals surface area contributed by atoms with Gasteiger partial charge in [-0.05, 0) is 18.6 Å². The molecule has 88 valence electrons. The van der Waals surface area contributed by atoms with Gasteiger partial charge in [-0.3, -0.25) is 0 Å². The standard InChI is InChI=1S/C10H11ClO4S/c1-7-3-4-9(10(12)15-2)8(5-7)6-16(11,13)14/h3-5H,6H2,1-2H3. The van der Waals surface area contributed by atoms with Gasteiger partial charge >= 0.3 is 5.97 Å². The Kier molecular flexibility index (Phi) is 3.93. The van der Waals surface area contributed by atoms with Crippen molar-refractivity contribution in [3.63, 3.8) is 0 Å². The maximum atomic E-state index is 11.4. The number of methoxy groups -OCH3 is 1. The average molecular weight is 263 g/mol. The van der Waals surface area contributed by atoms with Crippen molar-refractivity contribution in [1.82, 2.24) is 0 Å². The first-order valence-electron chi connectivity index (χ1n) is 4.43. The molecule has 0 unspecified atom stereocenters. The van der Waals surface area contributed by atoms with Gasteiger partial charge < -0.3 is 4.74 Å². The molecular weight excluding hydrogens is 252 g/mol. The van der Waals surface area contributed by atoms with Gasteiger partial charge in [0.1, 0.15) is 0 Å². The molecule has 0 aliphatic heterocycles. The number of carbonyl (C=O) groups is 1. The van der Waals surface area contributed by atoms with Gasteiger partial charge in [-0.15, -0.1) is 0 Å². The molecule has 0 atom stereocenters. The van der Waals surface area contributed by atoms with Crippen LogP contribution in [0.2, 0.25) is 0 Å². The van der Waals surface area contributed by atoms with Gasteiger partial charge in [0.2, 0.25) is 9.05 Å². The predicted molar refractivity (Wildman–Crippen MR) is 61.0 cm³/mol. The van der Waals surface area contributed by atoms with Crippen LogP contribution in [0, 0.1) is 6.92 Å². The lowest BCUT2D eigenvalue weighted by atomic mass is 10.1. The summed E-state index contributed by atoms with van der Waals surface area (Å²) < 4.78 is 26.5. The van der Waals surface area contributed by atoms with Crippen molar-refractivity contribution in [3.05, 3.63) is 34.9 Å². The summed E-state index contributed by atoms with van der Waals surface area (Å²) in [5, 5.41) is 0. The monoisotopic (exact) mass is 262 g/mol. The summed E-state index contributed by atoms with van der Waals surface area (Å²) in [6.07, 6.45) is 0. The Morgan fingerprint density at radius 1 is 1.44 bits per heavy atom. The highest BCUT2D eigenvalue weighted by molar-refractivity contribution is 8.13. The van der Waals surface area contributed by atoms with Crippen molar-refractivity contribution >= 4 is 25.7 Å². The van der Waals surface area contributed by atoms with E-state index in [1.807, 2.05) is 0 Å². The lowest BCUT2D eigenvalue weighted by Crippen LogP contribution is -2.08. The number of benzene rings is 1. The molecular formula is C10H11ClO4S. The maximum absolute atomic E-state index is 11.4. The minimum Gasteiger partial charge on any atom is -0.465 e. The third-order valence-corrected chi connectivity index (χ3v) is 2.98. The van der Waals surface area contributed by atoms with Gasteiger partial charge in [0.25, 0.3) is 0 Å². The van der Waals surface area contributed by atoms with Gasteiger partial charge in [0.05, 0.1) is 18.4 Å². The van der Waals surface area contributed by atoms with Crippen LogP contribution in [0.4, 0.5) is 0 Å². The molecule has 0 heterocycles. The summed E-state index contributed by atoms with van der Waals surface area (Å²) in [6, 6.07) is 4.83. The smallest absolute Gasteiger partial charge is 0.338 e. The number of carbonyl (C=O) groups excluding carboxylic acids is 1. The molecule has 16 heavy (non-hydrogen) atoms. The Labute approximate surface area is 98.6 Å². The van der Waals surface area contributed by atoms with E-state index in [-0.39, 0.29) is 11.3 Å². The minimum atomic E-state index is -3.69. The van der Waals surface area contributed by atoms with Gasteiger partial charge in [-0.25, -0.2) is 13.2 Å². The number of hydrogen-bond donors (Lipinski definition) is 0. The molecule has 6 heteroatoms. The maximum Gasteiger partial charge on any atom is 0.338 e. The third kappa shape index (κ3) is 3.50. The zero-order valence-electron chi connectivity index (χ0n) is 8.86. The van der Waals surface area contributed by atoms with Crippen molar-refractivity contribution < 1.29 is 17.9 Å². The third-order valence-electron chi connectivity index (χ3n) is 1.99. The van der Waals surface area contributed by atoms with Crippen LogP contribution in [-0.4, -0.2) is 21.5 Å². The van der Waals surface area contributed by atoms with Gasteiger partial charge in [0.15, 0.2) is 0 Å². The first-order chi connectivity index (χ1) is 7.33. The molecule has 0 radical (unpaired) electrons. The first kappa shape index (κ1) is 13.0. The molecule has 0 aromatic heterocycles. The lowest BCUT2D eigenvalue weighted by molar-refractivity contribution is 0.0600. The quantitative estimate of drug-likeness (QED) is 0.616. The molecule has 0 N–H and O–H groups in total. The van der Waals surface area contributed by atoms with Crippen molar-refractivity contribution in [2.45, 2.75) is 12.7 Å². The molecule has 4 nitrogen and oxygen atoms in total. The highest BCUT2D eigenvalue weighted by Crippen LogP contribution is 2.17. The number of aryl methyl sites for hydroxylation is 1. The van der Waals surface area contributed by atoms with Crippen molar-refractivity contribution in [3.8, 4) is 0 Å². The molecule has 0 spiro atoms. The van der Waals surface area contributed by atoms with Crippen LogP contribution in [0.15, 0.2) is 18.2 Å². The number of rotatable bonds is 3. The number of halogens is 1. The second-order valence-corrected chi connectivity index (χ2v) is 6.11. The molecule has 1 rings (SSSR count). The first-order valence-corrected chi connectivity index (χ1v) is 6.91. The van der Waals surface area contributed by atoms with Crippen LogP contribution in [-0.2, 0) is 19.5 Å². The molecule has 0 aliphatic carbocycles. The molecule has 0 saturated heterocycles. The van der Waals surface area contributed by atoms with E-state index in [2.05, 4.69) is 4.74 Å².